The maximum absolute atomic E-state index is 12.4. The number of hydrogen-bond acceptors (Lipinski definition) is 6. The van der Waals surface area contributed by atoms with Crippen LogP contribution >= 0.6 is 0 Å². The number of carboxylic acids is 1. The van der Waals surface area contributed by atoms with Crippen molar-refractivity contribution in [1.82, 2.24) is 5.32 Å². The molecule has 1 aliphatic rings. The molecule has 0 unspecified atom stereocenters. The Labute approximate surface area is 175 Å². The number of unbranched alkanes of at least 4 members (excludes halogenated alkanes) is 2. The molecular formula is C23H28NO6-. The molecule has 1 aromatic carbocycles. The number of aryl methyl sites for hydroxylation is 2. The van der Waals surface area contributed by atoms with E-state index in [1.807, 2.05) is 19.1 Å². The Kier molecular flexibility index (Phi) is 7.13. The minimum atomic E-state index is -1.05. The molecule has 1 aromatic heterocycles. The van der Waals surface area contributed by atoms with Gasteiger partial charge in [-0.3, -0.25) is 4.79 Å². The van der Waals surface area contributed by atoms with Gasteiger partial charge >= 0.3 is 5.63 Å². The number of carbonyl (C=O) groups is 2. The molecule has 1 amide bonds. The van der Waals surface area contributed by atoms with Gasteiger partial charge in [0, 0.05) is 29.0 Å². The second kappa shape index (κ2) is 9.78. The molecule has 30 heavy (non-hydrogen) atoms. The molecule has 7 heteroatoms. The van der Waals surface area contributed by atoms with Crippen LogP contribution in [0.4, 0.5) is 0 Å². The average molecular weight is 414 g/mol. The zero-order chi connectivity index (χ0) is 21.7. The average Bonchev–Trinajstić information content (AvgIpc) is 2.72. The smallest absolute Gasteiger partial charge is 0.339 e. The van der Waals surface area contributed by atoms with Gasteiger partial charge in [0.1, 0.15) is 11.3 Å². The predicted molar refractivity (Wildman–Crippen MR) is 110 cm³/mol. The molecule has 3 rings (SSSR count). The van der Waals surface area contributed by atoms with Gasteiger partial charge in [-0.15, -0.1) is 0 Å². The van der Waals surface area contributed by atoms with Gasteiger partial charge in [0.15, 0.2) is 6.10 Å². The largest absolute Gasteiger partial charge is 0.550 e. The summed E-state index contributed by atoms with van der Waals surface area (Å²) in [6.07, 6.45) is 4.96. The summed E-state index contributed by atoms with van der Waals surface area (Å²) in [5.74, 6) is -0.789. The summed E-state index contributed by atoms with van der Waals surface area (Å²) >= 11 is 0. The van der Waals surface area contributed by atoms with Crippen LogP contribution in [0.3, 0.4) is 0 Å². The van der Waals surface area contributed by atoms with Crippen LogP contribution in [0.25, 0.3) is 11.0 Å². The van der Waals surface area contributed by atoms with Crippen molar-refractivity contribution < 1.29 is 23.8 Å². The number of nitrogens with one attached hydrogen (secondary N) is 1. The van der Waals surface area contributed by atoms with Crippen molar-refractivity contribution in [3.63, 3.8) is 0 Å². The lowest BCUT2D eigenvalue weighted by molar-refractivity contribution is -0.305. The van der Waals surface area contributed by atoms with Gasteiger partial charge in [0.05, 0.1) is 0 Å². The van der Waals surface area contributed by atoms with Crippen LogP contribution in [0.5, 0.6) is 5.75 Å². The standard InChI is InChI=1S/C23H29NO6/c1-14-19(29-15(2)22(27)24-13-7-3-4-10-20(25)26)12-11-17-16-8-5-6-9-18(16)23(28)30-21(14)17/h11-12,15H,3-10,13H2,1-2H3,(H,24,27)(H,25,26)/p-1/t15-/m0/s1. The first-order valence-corrected chi connectivity index (χ1v) is 10.6. The lowest BCUT2D eigenvalue weighted by Gasteiger charge is -2.19. The Bertz CT molecular complexity index is 993. The molecule has 0 saturated carbocycles. The Morgan fingerprint density at radius 2 is 1.90 bits per heavy atom. The second-order valence-corrected chi connectivity index (χ2v) is 7.85. The first-order valence-electron chi connectivity index (χ1n) is 10.6. The molecule has 1 N–H and O–H groups in total. The third-order valence-electron chi connectivity index (χ3n) is 5.62. The van der Waals surface area contributed by atoms with Crippen LogP contribution in [-0.2, 0) is 22.4 Å². The van der Waals surface area contributed by atoms with E-state index in [0.29, 0.717) is 42.7 Å². The van der Waals surface area contributed by atoms with Crippen LogP contribution in [-0.4, -0.2) is 24.5 Å². The number of carboxylic acid groups (broad SMARTS) is 1. The molecule has 0 saturated heterocycles. The highest BCUT2D eigenvalue weighted by Gasteiger charge is 2.21. The zero-order valence-electron chi connectivity index (χ0n) is 17.5. The van der Waals surface area contributed by atoms with Gasteiger partial charge in [0.2, 0.25) is 0 Å². The third kappa shape index (κ3) is 5.01. The molecule has 162 valence electrons. The fourth-order valence-corrected chi connectivity index (χ4v) is 3.92. The summed E-state index contributed by atoms with van der Waals surface area (Å²) in [7, 11) is 0. The van der Waals surface area contributed by atoms with E-state index in [-0.39, 0.29) is 18.0 Å². The van der Waals surface area contributed by atoms with Crippen molar-refractivity contribution in [2.45, 2.75) is 71.3 Å². The van der Waals surface area contributed by atoms with Crippen molar-refractivity contribution in [1.29, 1.82) is 0 Å². The normalized spacial score (nSPS) is 14.2. The molecule has 0 bridgehead atoms. The summed E-state index contributed by atoms with van der Waals surface area (Å²) in [6, 6.07) is 3.74. The van der Waals surface area contributed by atoms with Gasteiger partial charge in [0.25, 0.3) is 5.91 Å². The number of aliphatic carboxylic acids is 1. The fourth-order valence-electron chi connectivity index (χ4n) is 3.92. The topological polar surface area (TPSA) is 109 Å². The zero-order valence-corrected chi connectivity index (χ0v) is 17.5. The molecule has 0 fully saturated rings. The van der Waals surface area contributed by atoms with E-state index in [1.165, 1.54) is 0 Å². The Balaban J connectivity index is 1.64. The maximum atomic E-state index is 12.4. The number of fused-ring (bicyclic) bond motifs is 3. The van der Waals surface area contributed by atoms with Gasteiger partial charge in [-0.05, 0) is 76.5 Å². The maximum Gasteiger partial charge on any atom is 0.339 e. The van der Waals surface area contributed by atoms with Crippen molar-refractivity contribution in [2.75, 3.05) is 6.54 Å². The van der Waals surface area contributed by atoms with Gasteiger partial charge in [-0.1, -0.05) is 6.42 Å². The van der Waals surface area contributed by atoms with Crippen LogP contribution in [0.2, 0.25) is 0 Å². The van der Waals surface area contributed by atoms with E-state index in [0.717, 1.165) is 42.2 Å². The molecule has 0 radical (unpaired) electrons. The summed E-state index contributed by atoms with van der Waals surface area (Å²) < 4.78 is 11.5. The summed E-state index contributed by atoms with van der Waals surface area (Å²) in [5, 5.41) is 14.1. The molecule has 2 aromatic rings. The number of amides is 1. The molecule has 1 aliphatic carbocycles. The SMILES string of the molecule is Cc1c(O[C@@H](C)C(=O)NCCCCCC(=O)[O-])ccc2c3c(c(=O)oc12)CCCC3. The molecule has 0 spiro atoms. The van der Waals surface area contributed by atoms with Crippen molar-refractivity contribution in [3.8, 4) is 5.75 Å². The summed E-state index contributed by atoms with van der Waals surface area (Å²) in [4.78, 5) is 35.1. The molecule has 1 heterocycles. The number of benzene rings is 1. The van der Waals surface area contributed by atoms with E-state index >= 15 is 0 Å². The number of ether oxygens (including phenoxy) is 1. The predicted octanol–water partition coefficient (Wildman–Crippen LogP) is 2.17. The first kappa shape index (κ1) is 21.9. The first-order chi connectivity index (χ1) is 14.4. The van der Waals surface area contributed by atoms with Crippen molar-refractivity contribution in [2.24, 2.45) is 0 Å². The minimum absolute atomic E-state index is 0.0357. The van der Waals surface area contributed by atoms with Crippen LogP contribution in [0.15, 0.2) is 21.3 Å². The second-order valence-electron chi connectivity index (χ2n) is 7.85. The van der Waals surface area contributed by atoms with Gasteiger partial charge in [-0.25, -0.2) is 4.79 Å². The van der Waals surface area contributed by atoms with E-state index in [4.69, 9.17) is 9.15 Å². The van der Waals surface area contributed by atoms with Gasteiger partial charge < -0.3 is 24.4 Å². The number of carbonyl (C=O) groups excluding carboxylic acids is 2. The van der Waals surface area contributed by atoms with E-state index in [9.17, 15) is 19.5 Å². The number of rotatable bonds is 9. The highest BCUT2D eigenvalue weighted by Crippen LogP contribution is 2.32. The third-order valence-corrected chi connectivity index (χ3v) is 5.62. The Morgan fingerprint density at radius 1 is 1.17 bits per heavy atom. The quantitative estimate of drug-likeness (QED) is 0.498. The summed E-state index contributed by atoms with van der Waals surface area (Å²) in [5.41, 5.74) is 2.82. The van der Waals surface area contributed by atoms with E-state index < -0.39 is 12.1 Å². The van der Waals surface area contributed by atoms with E-state index in [2.05, 4.69) is 5.32 Å². The van der Waals surface area contributed by atoms with Crippen LogP contribution < -0.4 is 20.8 Å². The molecule has 1 atom stereocenters. The molecular weight excluding hydrogens is 386 g/mol. The van der Waals surface area contributed by atoms with Crippen molar-refractivity contribution in [3.05, 3.63) is 39.2 Å². The van der Waals surface area contributed by atoms with Crippen molar-refractivity contribution >= 4 is 22.8 Å². The number of hydrogen-bond donors (Lipinski definition) is 1. The van der Waals surface area contributed by atoms with Crippen LogP contribution in [0.1, 0.15) is 62.1 Å². The Morgan fingerprint density at radius 3 is 2.63 bits per heavy atom. The highest BCUT2D eigenvalue weighted by atomic mass is 16.5. The monoisotopic (exact) mass is 414 g/mol. The Hall–Kier alpha value is -2.83. The summed E-state index contributed by atoms with van der Waals surface area (Å²) in [6.45, 7) is 3.95. The molecule has 7 nitrogen and oxygen atoms in total. The van der Waals surface area contributed by atoms with E-state index in [1.54, 1.807) is 6.92 Å². The lowest BCUT2D eigenvalue weighted by Crippen LogP contribution is -2.37. The molecule has 0 aliphatic heterocycles. The van der Waals surface area contributed by atoms with Crippen LogP contribution in [0, 0.1) is 6.92 Å². The van der Waals surface area contributed by atoms with Gasteiger partial charge in [-0.2, -0.15) is 0 Å². The lowest BCUT2D eigenvalue weighted by atomic mass is 9.90. The highest BCUT2D eigenvalue weighted by molar-refractivity contribution is 5.86. The minimum Gasteiger partial charge on any atom is -0.550 e. The fraction of sp³-hybridized carbons (Fsp3) is 0.522.